The van der Waals surface area contributed by atoms with Crippen LogP contribution in [-0.4, -0.2) is 30.8 Å². The Morgan fingerprint density at radius 1 is 1.73 bits per heavy atom. The lowest BCUT2D eigenvalue weighted by Crippen LogP contribution is -2.29. The zero-order chi connectivity index (χ0) is 11.3. The van der Waals surface area contributed by atoms with Crippen LogP contribution in [0.25, 0.3) is 0 Å². The molecular weight excluding hydrogens is 195 g/mol. The summed E-state index contributed by atoms with van der Waals surface area (Å²) in [5.74, 6) is 0.0507. The van der Waals surface area contributed by atoms with Gasteiger partial charge in [0.15, 0.2) is 0 Å². The van der Waals surface area contributed by atoms with Crippen LogP contribution in [0.3, 0.4) is 0 Å². The minimum atomic E-state index is -0.794. The molecule has 0 aromatic rings. The standard InChI is InChI=1S/C10H17BO4/c1-8(2)7-14-10(12)6-9-4-3-5-11(13)15-9/h3-4,8-9,13H,5-7H2,1-2H3. The van der Waals surface area contributed by atoms with Crippen molar-refractivity contribution >= 4 is 13.1 Å². The quantitative estimate of drug-likeness (QED) is 0.429. The SMILES string of the molecule is CC(C)COC(=O)CC1C=CCB(O)O1. The van der Waals surface area contributed by atoms with Gasteiger partial charge in [0.2, 0.25) is 0 Å². The van der Waals surface area contributed by atoms with Crippen molar-refractivity contribution in [2.24, 2.45) is 5.92 Å². The monoisotopic (exact) mass is 212 g/mol. The third-order valence-electron chi connectivity index (χ3n) is 1.97. The molecule has 1 unspecified atom stereocenters. The Balaban J connectivity index is 2.25. The van der Waals surface area contributed by atoms with E-state index in [1.807, 2.05) is 19.9 Å². The first-order chi connectivity index (χ1) is 7.08. The number of carbonyl (C=O) groups excluding carboxylic acids is 1. The van der Waals surface area contributed by atoms with Crippen molar-refractivity contribution in [3.05, 3.63) is 12.2 Å². The molecule has 15 heavy (non-hydrogen) atoms. The van der Waals surface area contributed by atoms with E-state index in [1.165, 1.54) is 0 Å². The lowest BCUT2D eigenvalue weighted by molar-refractivity contribution is -0.146. The van der Waals surface area contributed by atoms with E-state index >= 15 is 0 Å². The minimum absolute atomic E-state index is 0.167. The second-order valence-corrected chi connectivity index (χ2v) is 4.07. The van der Waals surface area contributed by atoms with Gasteiger partial charge in [-0.25, -0.2) is 0 Å². The third kappa shape index (κ3) is 5.00. The summed E-state index contributed by atoms with van der Waals surface area (Å²) in [5, 5.41) is 9.19. The van der Waals surface area contributed by atoms with Crippen LogP contribution in [0.2, 0.25) is 6.32 Å². The predicted molar refractivity (Wildman–Crippen MR) is 57.2 cm³/mol. The average Bonchev–Trinajstić information content (AvgIpc) is 2.15. The van der Waals surface area contributed by atoms with E-state index in [1.54, 1.807) is 6.08 Å². The maximum atomic E-state index is 11.3. The maximum Gasteiger partial charge on any atom is 0.458 e. The van der Waals surface area contributed by atoms with E-state index in [0.717, 1.165) is 0 Å². The van der Waals surface area contributed by atoms with Crippen molar-refractivity contribution in [3.8, 4) is 0 Å². The fourth-order valence-corrected chi connectivity index (χ4v) is 1.25. The van der Waals surface area contributed by atoms with E-state index in [9.17, 15) is 9.82 Å². The molecule has 1 N–H and O–H groups in total. The largest absolute Gasteiger partial charge is 0.465 e. The Morgan fingerprint density at radius 3 is 3.07 bits per heavy atom. The number of rotatable bonds is 4. The highest BCUT2D eigenvalue weighted by Crippen LogP contribution is 2.12. The number of allylic oxidation sites excluding steroid dienone is 1. The summed E-state index contributed by atoms with van der Waals surface area (Å²) in [6.45, 7) is 4.39. The summed E-state index contributed by atoms with van der Waals surface area (Å²) >= 11 is 0. The highest BCUT2D eigenvalue weighted by Gasteiger charge is 2.23. The molecule has 84 valence electrons. The molecule has 0 aromatic heterocycles. The molecule has 0 saturated heterocycles. The first kappa shape index (κ1) is 12.3. The van der Waals surface area contributed by atoms with Crippen molar-refractivity contribution in [1.29, 1.82) is 0 Å². The smallest absolute Gasteiger partial charge is 0.458 e. The Morgan fingerprint density at radius 2 is 2.47 bits per heavy atom. The van der Waals surface area contributed by atoms with E-state index in [2.05, 4.69) is 0 Å². The molecule has 1 rings (SSSR count). The van der Waals surface area contributed by atoms with Gasteiger partial charge in [-0.2, -0.15) is 0 Å². The summed E-state index contributed by atoms with van der Waals surface area (Å²) in [4.78, 5) is 11.3. The summed E-state index contributed by atoms with van der Waals surface area (Å²) < 4.78 is 10.1. The molecule has 0 aliphatic carbocycles. The first-order valence-corrected chi connectivity index (χ1v) is 5.23. The number of hydrogen-bond acceptors (Lipinski definition) is 4. The average molecular weight is 212 g/mol. The highest BCUT2D eigenvalue weighted by atomic mass is 16.5. The van der Waals surface area contributed by atoms with Gasteiger partial charge in [-0.05, 0) is 5.92 Å². The highest BCUT2D eigenvalue weighted by molar-refractivity contribution is 6.43. The zero-order valence-electron chi connectivity index (χ0n) is 9.18. The molecule has 1 heterocycles. The van der Waals surface area contributed by atoms with Gasteiger partial charge in [0, 0.05) is 6.32 Å². The van der Waals surface area contributed by atoms with Crippen molar-refractivity contribution in [3.63, 3.8) is 0 Å². The Hall–Kier alpha value is -0.805. The van der Waals surface area contributed by atoms with Gasteiger partial charge in [0.25, 0.3) is 0 Å². The molecule has 0 fully saturated rings. The molecule has 1 atom stereocenters. The summed E-state index contributed by atoms with van der Waals surface area (Å²) in [6, 6.07) is 0. The van der Waals surface area contributed by atoms with Crippen LogP contribution in [0, 0.1) is 5.92 Å². The van der Waals surface area contributed by atoms with Crippen LogP contribution < -0.4 is 0 Å². The second kappa shape index (κ2) is 5.93. The van der Waals surface area contributed by atoms with E-state index in [4.69, 9.17) is 9.39 Å². The van der Waals surface area contributed by atoms with Gasteiger partial charge < -0.3 is 14.4 Å². The third-order valence-corrected chi connectivity index (χ3v) is 1.97. The van der Waals surface area contributed by atoms with Gasteiger partial charge >= 0.3 is 13.1 Å². The molecule has 0 spiro atoms. The number of hydrogen-bond donors (Lipinski definition) is 1. The normalized spacial score (nSPS) is 20.8. The van der Waals surface area contributed by atoms with Crippen molar-refractivity contribution in [1.82, 2.24) is 0 Å². The molecule has 4 nitrogen and oxygen atoms in total. The van der Waals surface area contributed by atoms with Gasteiger partial charge in [0.1, 0.15) is 0 Å². The van der Waals surface area contributed by atoms with Crippen LogP contribution >= 0.6 is 0 Å². The lowest BCUT2D eigenvalue weighted by atomic mass is 9.82. The Labute approximate surface area is 90.4 Å². The summed E-state index contributed by atoms with van der Waals surface area (Å²) in [5.41, 5.74) is 0. The van der Waals surface area contributed by atoms with E-state index in [-0.39, 0.29) is 18.5 Å². The van der Waals surface area contributed by atoms with Crippen molar-refractivity contribution < 1.29 is 19.2 Å². The van der Waals surface area contributed by atoms with Crippen LogP contribution in [0.15, 0.2) is 12.2 Å². The summed E-state index contributed by atoms with van der Waals surface area (Å²) in [7, 11) is -0.794. The second-order valence-electron chi connectivity index (χ2n) is 4.07. The van der Waals surface area contributed by atoms with Crippen LogP contribution in [0.5, 0.6) is 0 Å². The fraction of sp³-hybridized carbons (Fsp3) is 0.700. The van der Waals surface area contributed by atoms with Crippen molar-refractivity contribution in [2.45, 2.75) is 32.7 Å². The lowest BCUT2D eigenvalue weighted by Gasteiger charge is -2.19. The molecule has 0 saturated carbocycles. The number of ether oxygens (including phenoxy) is 1. The molecule has 1 aliphatic heterocycles. The van der Waals surface area contributed by atoms with Crippen LogP contribution in [0.4, 0.5) is 0 Å². The van der Waals surface area contributed by atoms with Gasteiger partial charge in [-0.1, -0.05) is 26.0 Å². The maximum absolute atomic E-state index is 11.3. The molecular formula is C10H17BO4. The topological polar surface area (TPSA) is 55.8 Å². The molecule has 5 heteroatoms. The van der Waals surface area contributed by atoms with Crippen LogP contribution in [0.1, 0.15) is 20.3 Å². The Bertz CT molecular complexity index is 240. The van der Waals surface area contributed by atoms with Gasteiger partial charge in [-0.3, -0.25) is 4.79 Å². The van der Waals surface area contributed by atoms with E-state index in [0.29, 0.717) is 18.8 Å². The van der Waals surface area contributed by atoms with Gasteiger partial charge in [0.05, 0.1) is 19.1 Å². The molecule has 1 aliphatic rings. The number of carbonyl (C=O) groups is 1. The molecule has 0 bridgehead atoms. The molecule has 0 amide bonds. The molecule has 0 aromatic carbocycles. The number of esters is 1. The zero-order valence-corrected chi connectivity index (χ0v) is 9.18. The fourth-order valence-electron chi connectivity index (χ4n) is 1.25. The predicted octanol–water partition coefficient (Wildman–Crippen LogP) is 1.01. The first-order valence-electron chi connectivity index (χ1n) is 5.23. The van der Waals surface area contributed by atoms with Gasteiger partial charge in [-0.15, -0.1) is 0 Å². The van der Waals surface area contributed by atoms with Crippen LogP contribution in [-0.2, 0) is 14.2 Å². The van der Waals surface area contributed by atoms with E-state index < -0.39 is 7.12 Å². The summed E-state index contributed by atoms with van der Waals surface area (Å²) in [6.07, 6.45) is 3.89. The van der Waals surface area contributed by atoms with Crippen molar-refractivity contribution in [2.75, 3.05) is 6.61 Å². The Kier molecular flexibility index (Phi) is 4.85. The minimum Gasteiger partial charge on any atom is -0.465 e. The molecule has 0 radical (unpaired) electrons.